The zero-order valence-electron chi connectivity index (χ0n) is 49.7. The number of methoxy groups -OCH3 is 2. The van der Waals surface area contributed by atoms with Gasteiger partial charge in [-0.25, -0.2) is 9.52 Å². The number of hydrogen-bond acceptors (Lipinski definition) is 10. The summed E-state index contributed by atoms with van der Waals surface area (Å²) in [5, 5.41) is 11.8. The molecule has 0 unspecified atom stereocenters. The van der Waals surface area contributed by atoms with Crippen LogP contribution in [-0.2, 0) is 42.5 Å². The molecule has 4 aliphatic rings. The van der Waals surface area contributed by atoms with Crippen LogP contribution in [0.25, 0.3) is 56.5 Å². The number of aromatic nitrogens is 2. The Morgan fingerprint density at radius 2 is 0.964 bits per heavy atom. The van der Waals surface area contributed by atoms with E-state index < -0.39 is 22.1 Å². The number of nitrogens with one attached hydrogen (secondary N) is 1. The number of amides is 5. The monoisotopic (exact) mass is 1160 g/mol. The molecule has 0 spiro atoms. The van der Waals surface area contributed by atoms with Gasteiger partial charge in [-0.3, -0.25) is 24.0 Å². The largest absolute Gasteiger partial charge is 0.497 e. The summed E-state index contributed by atoms with van der Waals surface area (Å²) in [6.07, 6.45) is 14.9. The topological polar surface area (TPSA) is 213 Å². The Labute approximate surface area is 491 Å². The Kier molecular flexibility index (Phi) is 17.9. The van der Waals surface area contributed by atoms with Gasteiger partial charge in [0.1, 0.15) is 11.5 Å². The van der Waals surface area contributed by atoms with Crippen molar-refractivity contribution in [1.29, 1.82) is 0 Å². The van der Waals surface area contributed by atoms with Crippen molar-refractivity contribution in [1.82, 2.24) is 37.8 Å². The molecule has 2 fully saturated rings. The summed E-state index contributed by atoms with van der Waals surface area (Å²) >= 11 is 0. The van der Waals surface area contributed by atoms with Crippen LogP contribution in [0.15, 0.2) is 83.9 Å². The minimum atomic E-state index is -4.00. The van der Waals surface area contributed by atoms with Gasteiger partial charge >= 0.3 is 16.2 Å². The van der Waals surface area contributed by atoms with Crippen LogP contribution in [0.2, 0.25) is 0 Å². The van der Waals surface area contributed by atoms with E-state index in [0.717, 1.165) is 111 Å². The quantitative estimate of drug-likeness (QED) is 0.105. The fourth-order valence-corrected chi connectivity index (χ4v) is 12.7. The molecule has 4 heterocycles. The highest BCUT2D eigenvalue weighted by Crippen LogP contribution is 2.49. The van der Waals surface area contributed by atoms with E-state index in [1.807, 2.05) is 60.7 Å². The molecule has 2 aliphatic carbocycles. The number of carbonyl (C=O) groups is 6. The molecule has 20 heteroatoms. The Hall–Kier alpha value is -8.23. The number of rotatable bonds is 14. The second kappa shape index (κ2) is 24.9. The summed E-state index contributed by atoms with van der Waals surface area (Å²) in [6.45, 7) is 0.337. The van der Waals surface area contributed by atoms with E-state index >= 15 is 0 Å². The number of aromatic carboxylic acids is 1. The molecule has 10 rings (SSSR count). The SMILES string of the molecule is COc1ccc2c(c1)C=C(C(=O)N(C)CC(=O)N(C)C)Cn1c-2c(C2CCCCC2)c2ccc(C(=O)NS(=O)(=O)N(C)C)cc21.COc1ccc2c(c1)C=C(C(=O)N(C)CC(=O)N(C)C)Cn1c-2c(C2CCCCC2)c2ccc(C(=O)O)cc21. The van der Waals surface area contributed by atoms with Crippen molar-refractivity contribution in [3.8, 4) is 34.0 Å². The lowest BCUT2D eigenvalue weighted by Crippen LogP contribution is -2.39. The van der Waals surface area contributed by atoms with Crippen LogP contribution < -0.4 is 14.2 Å². The lowest BCUT2D eigenvalue weighted by atomic mass is 9.81. The smallest absolute Gasteiger partial charge is 0.335 e. The molecule has 5 amide bonds. The molecule has 0 atom stereocenters. The van der Waals surface area contributed by atoms with Crippen molar-refractivity contribution in [2.45, 2.75) is 89.1 Å². The third-order valence-electron chi connectivity index (χ3n) is 16.8. The molecule has 19 nitrogen and oxygen atoms in total. The molecule has 2 saturated carbocycles. The van der Waals surface area contributed by atoms with E-state index in [-0.39, 0.29) is 66.9 Å². The fraction of sp³-hybridized carbons (Fsp3) is 0.406. The summed E-state index contributed by atoms with van der Waals surface area (Å²) in [5.74, 6) is -0.673. The van der Waals surface area contributed by atoms with E-state index in [9.17, 15) is 42.3 Å². The highest BCUT2D eigenvalue weighted by Gasteiger charge is 2.34. The predicted octanol–water partition coefficient (Wildman–Crippen LogP) is 8.85. The predicted molar refractivity (Wildman–Crippen MR) is 325 cm³/mol. The van der Waals surface area contributed by atoms with Crippen molar-refractivity contribution in [3.63, 3.8) is 0 Å². The molecule has 2 aromatic heterocycles. The first-order valence-electron chi connectivity index (χ1n) is 28.5. The lowest BCUT2D eigenvalue weighted by Gasteiger charge is -2.24. The molecular formula is C64H76N8O11S. The van der Waals surface area contributed by atoms with Crippen molar-refractivity contribution in [2.75, 3.05) is 83.7 Å². The minimum absolute atomic E-state index is 0.0378. The van der Waals surface area contributed by atoms with Crippen LogP contribution in [0, 0.1) is 0 Å². The van der Waals surface area contributed by atoms with Gasteiger partial charge < -0.3 is 43.3 Å². The van der Waals surface area contributed by atoms with E-state index in [2.05, 4.69) is 13.9 Å². The Balaban J connectivity index is 0.000000204. The molecular weight excluding hydrogens is 1090 g/mol. The first-order chi connectivity index (χ1) is 40.0. The molecule has 6 aromatic rings. The van der Waals surface area contributed by atoms with Crippen LogP contribution in [0.4, 0.5) is 0 Å². The van der Waals surface area contributed by atoms with E-state index in [4.69, 9.17) is 9.47 Å². The Bertz CT molecular complexity index is 3780. The third kappa shape index (κ3) is 12.2. The summed E-state index contributed by atoms with van der Waals surface area (Å²) in [7, 11) is 11.8. The maximum Gasteiger partial charge on any atom is 0.335 e. The number of hydrogen-bond donors (Lipinski definition) is 2. The Morgan fingerprint density at radius 1 is 0.560 bits per heavy atom. The van der Waals surface area contributed by atoms with Gasteiger partial charge in [0.25, 0.3) is 17.7 Å². The molecule has 0 saturated heterocycles. The maximum atomic E-state index is 13.9. The standard InChI is InChI=1S/C33H41N5O6S.C31H35N3O5/c1-35(2)29(39)20-37(5)33(41)24-16-23-17-25(44-6)13-15-26(23)31-30(21-10-8-7-9-11-21)27-14-12-22(18-28(27)38(31)19-24)32(40)34-45(42,43)36(3)4;1-32(2)27(35)18-33(3)30(36)22-14-21-15-23(39-4)11-13-24(21)29-28(19-8-6-5-7-9-19)25-12-10-20(31(37)38)16-26(25)34(29)17-22/h12-18,21H,7-11,19-20H2,1-6H3,(H,34,40);10-16,19H,5-9,17-18H2,1-4H3,(H,37,38). The van der Waals surface area contributed by atoms with Gasteiger partial charge in [-0.15, -0.1) is 0 Å². The first kappa shape index (κ1) is 60.4. The van der Waals surface area contributed by atoms with Crippen LogP contribution >= 0.6 is 0 Å². The lowest BCUT2D eigenvalue weighted by molar-refractivity contribution is -0.136. The molecule has 2 N–H and O–H groups in total. The molecule has 4 aromatic carbocycles. The zero-order chi connectivity index (χ0) is 60.5. The number of nitrogens with zero attached hydrogens (tertiary/aromatic N) is 7. The number of carbonyl (C=O) groups excluding carboxylic acids is 5. The van der Waals surface area contributed by atoms with Gasteiger partial charge in [0.2, 0.25) is 11.8 Å². The Morgan fingerprint density at radius 3 is 1.35 bits per heavy atom. The van der Waals surface area contributed by atoms with Crippen LogP contribution in [-0.4, -0.2) is 166 Å². The van der Waals surface area contributed by atoms with Gasteiger partial charge in [0.15, 0.2) is 0 Å². The van der Waals surface area contributed by atoms with Crippen molar-refractivity contribution >= 4 is 79.7 Å². The highest BCUT2D eigenvalue weighted by molar-refractivity contribution is 7.87. The normalized spacial score (nSPS) is 15.1. The second-order valence-electron chi connectivity index (χ2n) is 23.0. The number of benzene rings is 4. The van der Waals surface area contributed by atoms with Crippen LogP contribution in [0.5, 0.6) is 11.5 Å². The molecule has 2 aliphatic heterocycles. The number of carboxylic acid groups (broad SMARTS) is 1. The summed E-state index contributed by atoms with van der Waals surface area (Å²) in [5.41, 5.74) is 10.9. The maximum absolute atomic E-state index is 13.9. The average molecular weight is 1170 g/mol. The zero-order valence-corrected chi connectivity index (χ0v) is 50.5. The van der Waals surface area contributed by atoms with Crippen molar-refractivity contribution in [3.05, 3.63) is 117 Å². The number of likely N-dealkylation sites (N-methyl/N-ethyl adjacent to an activating group) is 4. The first-order valence-corrected chi connectivity index (χ1v) is 29.9. The van der Waals surface area contributed by atoms with Gasteiger partial charge in [-0.05, 0) is 133 Å². The van der Waals surface area contributed by atoms with E-state index in [1.165, 1.54) is 57.7 Å². The third-order valence-corrected chi connectivity index (χ3v) is 18.2. The molecule has 84 heavy (non-hydrogen) atoms. The van der Waals surface area contributed by atoms with Crippen molar-refractivity contribution in [2.24, 2.45) is 0 Å². The summed E-state index contributed by atoms with van der Waals surface area (Å²) in [6, 6.07) is 22.3. The van der Waals surface area contributed by atoms with Crippen LogP contribution in [0.3, 0.4) is 0 Å². The minimum Gasteiger partial charge on any atom is -0.497 e. The van der Waals surface area contributed by atoms with Gasteiger partial charge in [-0.1, -0.05) is 50.7 Å². The second-order valence-corrected chi connectivity index (χ2v) is 24.9. The van der Waals surface area contributed by atoms with Gasteiger partial charge in [-0.2, -0.15) is 12.7 Å². The van der Waals surface area contributed by atoms with E-state index in [0.29, 0.717) is 28.6 Å². The summed E-state index contributed by atoms with van der Waals surface area (Å²) < 4.78 is 43.2. The fourth-order valence-electron chi connectivity index (χ4n) is 12.2. The molecule has 0 radical (unpaired) electrons. The molecule has 444 valence electrons. The summed E-state index contributed by atoms with van der Waals surface area (Å²) in [4.78, 5) is 83.5. The van der Waals surface area contributed by atoms with E-state index in [1.54, 1.807) is 80.8 Å². The number of ether oxygens (including phenoxy) is 2. The molecule has 0 bridgehead atoms. The van der Waals surface area contributed by atoms with Crippen LogP contribution in [0.1, 0.15) is 119 Å². The number of carboxylic acids is 1. The number of fused-ring (bicyclic) bond motifs is 10. The van der Waals surface area contributed by atoms with Gasteiger partial charge in [0.05, 0.1) is 57.3 Å². The van der Waals surface area contributed by atoms with Crippen molar-refractivity contribution < 1.29 is 51.8 Å². The highest BCUT2D eigenvalue weighted by atomic mass is 32.2. The average Bonchev–Trinajstić information content (AvgIpc) is 1.65. The van der Waals surface area contributed by atoms with Gasteiger partial charge in [0, 0.05) is 106 Å².